The molecule has 4 atom stereocenters. The van der Waals surface area contributed by atoms with Gasteiger partial charge in [0.25, 0.3) is 5.56 Å². The third-order valence-electron chi connectivity index (χ3n) is 6.30. The Balaban J connectivity index is 1.74. The Kier molecular flexibility index (Phi) is 10.1. The monoisotopic (exact) mass is 603 g/mol. The lowest BCUT2D eigenvalue weighted by atomic mass is 10.1. The summed E-state index contributed by atoms with van der Waals surface area (Å²) in [6.45, 7) is 7.05. The van der Waals surface area contributed by atoms with Crippen LogP contribution in [0, 0.1) is 5.92 Å². The van der Waals surface area contributed by atoms with Crippen LogP contribution in [0.3, 0.4) is 0 Å². The molecule has 4 rings (SSSR count). The van der Waals surface area contributed by atoms with Crippen molar-refractivity contribution in [3.63, 3.8) is 0 Å². The fraction of sp³-hybridized carbons (Fsp3) is 0.444. The summed E-state index contributed by atoms with van der Waals surface area (Å²) in [5.41, 5.74) is -0.191. The van der Waals surface area contributed by atoms with E-state index >= 15 is 0 Å². The first-order valence-corrected chi connectivity index (χ1v) is 15.0. The first-order chi connectivity index (χ1) is 20.1. The number of hydrogen-bond donors (Lipinski definition) is 2. The number of nitrogens with zero attached hydrogens (tertiary/aromatic N) is 3. The molecule has 1 aromatic carbocycles. The van der Waals surface area contributed by atoms with Crippen LogP contribution < -0.4 is 10.9 Å². The van der Waals surface area contributed by atoms with Crippen LogP contribution in [0.1, 0.15) is 44.3 Å². The van der Waals surface area contributed by atoms with E-state index in [4.69, 9.17) is 23.3 Å². The third kappa shape index (κ3) is 6.85. The normalized spacial score (nSPS) is 20.9. The number of aromatic amines is 1. The minimum absolute atomic E-state index is 0.00925. The number of fused-ring (bicyclic) bond motifs is 1. The maximum atomic E-state index is 13.1. The lowest BCUT2D eigenvalue weighted by Gasteiger charge is -2.23. The highest BCUT2D eigenvalue weighted by atomic mass is 31.2. The second-order valence-electron chi connectivity index (χ2n) is 9.53. The number of rotatable bonds is 12. The van der Waals surface area contributed by atoms with Gasteiger partial charge in [0, 0.05) is 18.8 Å². The predicted molar refractivity (Wildman–Crippen MR) is 152 cm³/mol. The van der Waals surface area contributed by atoms with Gasteiger partial charge >= 0.3 is 13.6 Å². The average Bonchev–Trinajstić information content (AvgIpc) is 3.53. The van der Waals surface area contributed by atoms with E-state index in [1.807, 2.05) is 0 Å². The van der Waals surface area contributed by atoms with Crippen LogP contribution in [-0.2, 0) is 32.6 Å². The molecular weight excluding hydrogens is 569 g/mol. The van der Waals surface area contributed by atoms with Gasteiger partial charge in [-0.3, -0.25) is 29.0 Å². The van der Waals surface area contributed by atoms with Crippen LogP contribution in [0.25, 0.3) is 11.2 Å². The summed E-state index contributed by atoms with van der Waals surface area (Å²) in [4.78, 5) is 49.2. The van der Waals surface area contributed by atoms with Crippen molar-refractivity contribution in [2.45, 2.75) is 52.2 Å². The van der Waals surface area contributed by atoms with Gasteiger partial charge in [-0.2, -0.15) is 4.98 Å². The van der Waals surface area contributed by atoms with Crippen LogP contribution in [-0.4, -0.2) is 70.0 Å². The summed E-state index contributed by atoms with van der Waals surface area (Å²) in [6, 6.07) is 8.38. The molecule has 1 aliphatic rings. The molecule has 1 fully saturated rings. The van der Waals surface area contributed by atoms with Gasteiger partial charge < -0.3 is 23.3 Å². The standard InChI is InChI=1S/C27H34N5O9P/c1-6-38-42(36,39-7-2)14-13-18-20(41-26(35)17-11-9-8-10-12-17)21(37-5)25(40-18)32-15-28-19-22(32)29-27(31-24(19)34)30-23(33)16(3)4/h8-16,18,20-21,25H,6-7H2,1-5H3,(H2,29,30,31,33,34). The molecule has 2 N–H and O–H groups in total. The van der Waals surface area contributed by atoms with E-state index in [1.54, 1.807) is 58.0 Å². The fourth-order valence-corrected chi connectivity index (χ4v) is 5.65. The first kappa shape index (κ1) is 31.3. The van der Waals surface area contributed by atoms with E-state index < -0.39 is 43.7 Å². The highest BCUT2D eigenvalue weighted by Crippen LogP contribution is 2.50. The van der Waals surface area contributed by atoms with Gasteiger partial charge in [-0.1, -0.05) is 32.0 Å². The molecule has 2 aromatic heterocycles. The van der Waals surface area contributed by atoms with Crippen molar-refractivity contribution >= 4 is 36.6 Å². The molecular formula is C27H34N5O9P. The van der Waals surface area contributed by atoms with Crippen molar-refractivity contribution in [3.05, 3.63) is 64.5 Å². The van der Waals surface area contributed by atoms with E-state index in [0.717, 1.165) is 0 Å². The molecule has 0 spiro atoms. The minimum Gasteiger partial charge on any atom is -0.453 e. The van der Waals surface area contributed by atoms with Gasteiger partial charge in [-0.15, -0.1) is 0 Å². The summed E-state index contributed by atoms with van der Waals surface area (Å²) in [5, 5.41) is 2.57. The van der Waals surface area contributed by atoms with E-state index in [1.165, 1.54) is 29.9 Å². The molecule has 4 unspecified atom stereocenters. The zero-order chi connectivity index (χ0) is 30.4. The molecule has 14 nitrogen and oxygen atoms in total. The minimum atomic E-state index is -3.63. The van der Waals surface area contributed by atoms with Gasteiger partial charge in [-0.25, -0.2) is 9.78 Å². The molecule has 1 aliphatic heterocycles. The number of esters is 1. The van der Waals surface area contributed by atoms with Gasteiger partial charge in [0.2, 0.25) is 11.9 Å². The van der Waals surface area contributed by atoms with Crippen molar-refractivity contribution in [3.8, 4) is 0 Å². The maximum Gasteiger partial charge on any atom is 0.353 e. The predicted octanol–water partition coefficient (Wildman–Crippen LogP) is 3.63. The van der Waals surface area contributed by atoms with Crippen molar-refractivity contribution in [1.82, 2.24) is 19.5 Å². The topological polar surface area (TPSA) is 173 Å². The number of nitrogens with one attached hydrogen (secondary N) is 2. The van der Waals surface area contributed by atoms with Gasteiger partial charge in [-0.05, 0) is 32.1 Å². The number of imidazole rings is 1. The van der Waals surface area contributed by atoms with Crippen LogP contribution in [0.15, 0.2) is 53.3 Å². The van der Waals surface area contributed by atoms with E-state index in [9.17, 15) is 18.9 Å². The van der Waals surface area contributed by atoms with Crippen molar-refractivity contribution in [2.24, 2.45) is 5.92 Å². The number of carbonyl (C=O) groups excluding carboxylic acids is 2. The summed E-state index contributed by atoms with van der Waals surface area (Å²) in [6.07, 6.45) is -1.19. The number of benzene rings is 1. The van der Waals surface area contributed by atoms with Gasteiger partial charge in [0.15, 0.2) is 23.5 Å². The van der Waals surface area contributed by atoms with Crippen LogP contribution in [0.4, 0.5) is 5.95 Å². The highest BCUT2D eigenvalue weighted by molar-refractivity contribution is 7.57. The van der Waals surface area contributed by atoms with Crippen molar-refractivity contribution < 1.29 is 37.4 Å². The first-order valence-electron chi connectivity index (χ1n) is 13.4. The molecule has 0 aliphatic carbocycles. The molecule has 42 heavy (non-hydrogen) atoms. The zero-order valence-corrected chi connectivity index (χ0v) is 24.8. The molecule has 226 valence electrons. The lowest BCUT2D eigenvalue weighted by Crippen LogP contribution is -2.37. The Morgan fingerprint density at radius 1 is 1.17 bits per heavy atom. The zero-order valence-electron chi connectivity index (χ0n) is 23.9. The molecule has 0 bridgehead atoms. The smallest absolute Gasteiger partial charge is 0.353 e. The number of amides is 1. The summed E-state index contributed by atoms with van der Waals surface area (Å²) >= 11 is 0. The molecule has 0 saturated carbocycles. The Hall–Kier alpha value is -3.68. The summed E-state index contributed by atoms with van der Waals surface area (Å²) in [5.74, 6) is -0.146. The molecule has 15 heteroatoms. The van der Waals surface area contributed by atoms with E-state index in [2.05, 4.69) is 20.3 Å². The van der Waals surface area contributed by atoms with Gasteiger partial charge in [0.05, 0.1) is 25.1 Å². The Morgan fingerprint density at radius 2 is 1.86 bits per heavy atom. The lowest BCUT2D eigenvalue weighted by molar-refractivity contribution is -0.118. The largest absolute Gasteiger partial charge is 0.453 e. The third-order valence-corrected chi connectivity index (χ3v) is 8.07. The van der Waals surface area contributed by atoms with Crippen LogP contribution in [0.2, 0.25) is 0 Å². The van der Waals surface area contributed by atoms with E-state index in [0.29, 0.717) is 5.56 Å². The summed E-state index contributed by atoms with van der Waals surface area (Å²) < 4.78 is 43.2. The number of H-pyrrole nitrogens is 1. The maximum absolute atomic E-state index is 13.1. The van der Waals surface area contributed by atoms with Crippen molar-refractivity contribution in [2.75, 3.05) is 25.6 Å². The Labute approximate surface area is 241 Å². The quantitative estimate of drug-likeness (QED) is 0.229. The van der Waals surface area contributed by atoms with Crippen LogP contribution in [0.5, 0.6) is 0 Å². The highest BCUT2D eigenvalue weighted by Gasteiger charge is 2.48. The molecule has 0 radical (unpaired) electrons. The number of hydrogen-bond acceptors (Lipinski definition) is 11. The Morgan fingerprint density at radius 3 is 2.48 bits per heavy atom. The number of carbonyl (C=O) groups is 2. The molecule has 1 amide bonds. The summed E-state index contributed by atoms with van der Waals surface area (Å²) in [7, 11) is -2.22. The van der Waals surface area contributed by atoms with Crippen LogP contribution >= 0.6 is 7.60 Å². The number of methoxy groups -OCH3 is 1. The second-order valence-corrected chi connectivity index (χ2v) is 11.4. The van der Waals surface area contributed by atoms with Gasteiger partial charge in [0.1, 0.15) is 12.2 Å². The molecule has 1 saturated heterocycles. The number of aromatic nitrogens is 4. The van der Waals surface area contributed by atoms with Crippen molar-refractivity contribution in [1.29, 1.82) is 0 Å². The van der Waals surface area contributed by atoms with E-state index in [-0.39, 0.29) is 42.2 Å². The second kappa shape index (κ2) is 13.5. The number of ether oxygens (including phenoxy) is 3. The Bertz CT molecular complexity index is 1530. The number of anilines is 1. The SMILES string of the molecule is CCOP(=O)(C=CC1OC(n2cnc3c(=O)[nH]c(NC(=O)C(C)C)nc32)C(OC)C1OC(=O)c1ccccc1)OCC. The molecule has 3 aromatic rings. The molecule has 3 heterocycles. The fourth-order valence-electron chi connectivity index (χ4n) is 4.30. The average molecular weight is 604 g/mol.